The van der Waals surface area contributed by atoms with Crippen molar-refractivity contribution < 1.29 is 0 Å². The number of hydrogen-bond acceptors (Lipinski definition) is 0. The molecular weight excluding hydrogens is 120 g/mol. The molecule has 0 saturated heterocycles. The topological polar surface area (TPSA) is 0 Å². The van der Waals surface area contributed by atoms with Crippen LogP contribution in [-0.4, -0.2) is 0 Å². The Morgan fingerprint density at radius 2 is 2.20 bits per heavy atom. The maximum Gasteiger partial charge on any atom is -0.00782 e. The largest absolute Gasteiger partial charge is 0.115 e. The maximum absolute atomic E-state index is 5.01. The first-order valence-electron chi connectivity index (χ1n) is 3.11. The Bertz CT molecular complexity index is 199. The first-order valence-corrected chi connectivity index (χ1v) is 3.11. The molecule has 0 spiro atoms. The molecule has 0 aliphatic rings. The van der Waals surface area contributed by atoms with E-state index in [-0.39, 0.29) is 0 Å². The summed E-state index contributed by atoms with van der Waals surface area (Å²) in [6.07, 6.45) is 9.31. The molecule has 0 aromatic carbocycles. The van der Waals surface area contributed by atoms with E-state index in [9.17, 15) is 0 Å². The Hall–Kier alpha value is -1.22. The van der Waals surface area contributed by atoms with Crippen LogP contribution in [0.2, 0.25) is 0 Å². The Labute approximate surface area is 63.0 Å². The van der Waals surface area contributed by atoms with E-state index in [0.717, 1.165) is 17.6 Å². The minimum absolute atomic E-state index is 0.832. The van der Waals surface area contributed by atoms with E-state index in [4.69, 9.17) is 6.42 Å². The lowest BCUT2D eigenvalue weighted by molar-refractivity contribution is 1.17. The second kappa shape index (κ2) is 4.64. The highest BCUT2D eigenvalue weighted by molar-refractivity contribution is 5.25. The molecule has 0 heteroatoms. The SMILES string of the molecule is C#C/C=C\C(=C)CC(=C)C. The maximum atomic E-state index is 5.01. The fourth-order valence-corrected chi connectivity index (χ4v) is 0.613. The summed E-state index contributed by atoms with van der Waals surface area (Å²) >= 11 is 0. The van der Waals surface area contributed by atoms with Gasteiger partial charge >= 0.3 is 0 Å². The first-order chi connectivity index (χ1) is 4.66. The van der Waals surface area contributed by atoms with E-state index in [2.05, 4.69) is 19.1 Å². The smallest absolute Gasteiger partial charge is 0.00782 e. The van der Waals surface area contributed by atoms with Crippen LogP contribution in [0.15, 0.2) is 36.5 Å². The number of hydrogen-bond donors (Lipinski definition) is 0. The van der Waals surface area contributed by atoms with Crippen LogP contribution < -0.4 is 0 Å². The van der Waals surface area contributed by atoms with E-state index < -0.39 is 0 Å². The summed E-state index contributed by atoms with van der Waals surface area (Å²) in [4.78, 5) is 0. The van der Waals surface area contributed by atoms with Crippen molar-refractivity contribution in [1.29, 1.82) is 0 Å². The van der Waals surface area contributed by atoms with Gasteiger partial charge in [-0.3, -0.25) is 0 Å². The molecule has 0 saturated carbocycles. The minimum Gasteiger partial charge on any atom is -0.115 e. The third kappa shape index (κ3) is 4.93. The molecular formula is C10H12. The molecule has 0 aromatic rings. The van der Waals surface area contributed by atoms with Crippen LogP contribution >= 0.6 is 0 Å². The summed E-state index contributed by atoms with van der Waals surface area (Å²) in [6, 6.07) is 0. The lowest BCUT2D eigenvalue weighted by Crippen LogP contribution is -1.75. The van der Waals surface area contributed by atoms with Gasteiger partial charge in [0, 0.05) is 0 Å². The first kappa shape index (κ1) is 8.78. The van der Waals surface area contributed by atoms with Crippen molar-refractivity contribution in [2.24, 2.45) is 0 Å². The van der Waals surface area contributed by atoms with Crippen molar-refractivity contribution in [1.82, 2.24) is 0 Å². The summed E-state index contributed by atoms with van der Waals surface area (Å²) in [5, 5.41) is 0. The van der Waals surface area contributed by atoms with E-state index in [1.165, 1.54) is 0 Å². The van der Waals surface area contributed by atoms with Crippen LogP contribution in [0.5, 0.6) is 0 Å². The van der Waals surface area contributed by atoms with E-state index in [0.29, 0.717) is 0 Å². The predicted octanol–water partition coefficient (Wildman–Crippen LogP) is 2.70. The highest BCUT2D eigenvalue weighted by atomic mass is 13.9. The van der Waals surface area contributed by atoms with E-state index in [1.807, 2.05) is 13.0 Å². The van der Waals surface area contributed by atoms with Crippen molar-refractivity contribution in [3.8, 4) is 12.3 Å². The second-order valence-electron chi connectivity index (χ2n) is 2.29. The van der Waals surface area contributed by atoms with Crippen molar-refractivity contribution in [3.05, 3.63) is 36.5 Å². The number of allylic oxidation sites excluding steroid dienone is 4. The molecule has 0 fully saturated rings. The monoisotopic (exact) mass is 132 g/mol. The van der Waals surface area contributed by atoms with Crippen molar-refractivity contribution in [2.75, 3.05) is 0 Å². The van der Waals surface area contributed by atoms with Gasteiger partial charge in [-0.2, -0.15) is 0 Å². The summed E-state index contributed by atoms with van der Waals surface area (Å²) < 4.78 is 0. The van der Waals surface area contributed by atoms with Crippen LogP contribution in [0.4, 0.5) is 0 Å². The number of terminal acetylenes is 1. The Kier molecular flexibility index (Phi) is 4.07. The highest BCUT2D eigenvalue weighted by Crippen LogP contribution is 2.06. The summed E-state index contributed by atoms with van der Waals surface area (Å²) in [5.41, 5.74) is 2.11. The van der Waals surface area contributed by atoms with Gasteiger partial charge in [-0.15, -0.1) is 6.42 Å². The van der Waals surface area contributed by atoms with Gasteiger partial charge in [0.05, 0.1) is 0 Å². The summed E-state index contributed by atoms with van der Waals surface area (Å²) in [6.45, 7) is 9.51. The van der Waals surface area contributed by atoms with E-state index in [1.54, 1.807) is 6.08 Å². The van der Waals surface area contributed by atoms with Gasteiger partial charge in [0.15, 0.2) is 0 Å². The minimum atomic E-state index is 0.832. The summed E-state index contributed by atoms with van der Waals surface area (Å²) in [5.74, 6) is 2.40. The highest BCUT2D eigenvalue weighted by Gasteiger charge is 1.86. The van der Waals surface area contributed by atoms with Crippen molar-refractivity contribution in [2.45, 2.75) is 13.3 Å². The fraction of sp³-hybridized carbons (Fsp3) is 0.200. The quantitative estimate of drug-likeness (QED) is 0.314. The molecule has 0 bridgehead atoms. The van der Waals surface area contributed by atoms with Gasteiger partial charge in [-0.25, -0.2) is 0 Å². The van der Waals surface area contributed by atoms with Gasteiger partial charge in [0.1, 0.15) is 0 Å². The van der Waals surface area contributed by atoms with Crippen LogP contribution in [0, 0.1) is 12.3 Å². The molecule has 52 valence electrons. The van der Waals surface area contributed by atoms with Crippen molar-refractivity contribution in [3.63, 3.8) is 0 Å². The van der Waals surface area contributed by atoms with Gasteiger partial charge in [0.25, 0.3) is 0 Å². The van der Waals surface area contributed by atoms with Gasteiger partial charge in [0.2, 0.25) is 0 Å². The van der Waals surface area contributed by atoms with Crippen LogP contribution in [-0.2, 0) is 0 Å². The molecule has 0 nitrogen and oxygen atoms in total. The molecule has 0 rings (SSSR count). The van der Waals surface area contributed by atoms with Crippen molar-refractivity contribution >= 4 is 0 Å². The van der Waals surface area contributed by atoms with E-state index >= 15 is 0 Å². The normalized spacial score (nSPS) is 9.20. The summed E-state index contributed by atoms with van der Waals surface area (Å²) in [7, 11) is 0. The molecule has 0 amide bonds. The van der Waals surface area contributed by atoms with Crippen LogP contribution in [0.25, 0.3) is 0 Å². The average Bonchev–Trinajstić information content (AvgIpc) is 1.82. The molecule has 0 aromatic heterocycles. The molecule has 0 aliphatic heterocycles. The predicted molar refractivity (Wildman–Crippen MR) is 46.5 cm³/mol. The lowest BCUT2D eigenvalue weighted by Gasteiger charge is -1.95. The molecule has 0 atom stereocenters. The number of rotatable bonds is 3. The Morgan fingerprint density at radius 3 is 2.60 bits per heavy atom. The Morgan fingerprint density at radius 1 is 1.60 bits per heavy atom. The second-order valence-corrected chi connectivity index (χ2v) is 2.29. The molecule has 0 heterocycles. The third-order valence-electron chi connectivity index (χ3n) is 0.944. The molecule has 0 radical (unpaired) electrons. The zero-order valence-electron chi connectivity index (χ0n) is 6.35. The average molecular weight is 132 g/mol. The third-order valence-corrected chi connectivity index (χ3v) is 0.944. The zero-order valence-corrected chi connectivity index (χ0v) is 6.35. The standard InChI is InChI=1S/C10H12/c1-5-6-7-10(4)8-9(2)3/h1,6-7H,2,4,8H2,3H3/b7-6-. The van der Waals surface area contributed by atoms with Gasteiger partial charge in [-0.1, -0.05) is 36.3 Å². The van der Waals surface area contributed by atoms with Gasteiger partial charge in [-0.05, 0) is 19.4 Å². The van der Waals surface area contributed by atoms with Gasteiger partial charge < -0.3 is 0 Å². The van der Waals surface area contributed by atoms with Crippen LogP contribution in [0.3, 0.4) is 0 Å². The molecule has 0 aliphatic carbocycles. The fourth-order valence-electron chi connectivity index (χ4n) is 0.613. The Balaban J connectivity index is 3.78. The molecule has 10 heavy (non-hydrogen) atoms. The zero-order chi connectivity index (χ0) is 7.98. The molecule has 0 unspecified atom stereocenters. The lowest BCUT2D eigenvalue weighted by atomic mass is 10.1. The van der Waals surface area contributed by atoms with Crippen LogP contribution in [0.1, 0.15) is 13.3 Å². The molecule has 0 N–H and O–H groups in total.